The molecule has 1 aromatic heterocycles. The fraction of sp³-hybridized carbons (Fsp3) is 0.824. The van der Waals surface area contributed by atoms with Gasteiger partial charge in [0.05, 0.1) is 6.04 Å². The Kier molecular flexibility index (Phi) is 4.09. The lowest BCUT2D eigenvalue weighted by Gasteiger charge is -2.45. The summed E-state index contributed by atoms with van der Waals surface area (Å²) in [5, 5.41) is 4.23. The van der Waals surface area contributed by atoms with E-state index in [0.29, 0.717) is 29.8 Å². The molecule has 6 nitrogen and oxygen atoms in total. The second kappa shape index (κ2) is 6.23. The Bertz CT molecular complexity index is 523. The molecule has 126 valence electrons. The average molecular weight is 317 g/mol. The lowest BCUT2D eigenvalue weighted by Crippen LogP contribution is -2.50. The smallest absolute Gasteiger partial charge is 0.225 e. The largest absolute Gasteiger partial charge is 0.342 e. The first-order chi connectivity index (χ1) is 11.2. The maximum atomic E-state index is 12.9. The summed E-state index contributed by atoms with van der Waals surface area (Å²) in [5.74, 6) is 1.74. The first kappa shape index (κ1) is 15.1. The van der Waals surface area contributed by atoms with Crippen LogP contribution in [-0.4, -0.2) is 44.7 Å². The minimum absolute atomic E-state index is 0.216. The molecule has 1 aliphatic heterocycles. The van der Waals surface area contributed by atoms with Crippen molar-refractivity contribution < 1.29 is 4.79 Å². The van der Waals surface area contributed by atoms with Crippen molar-refractivity contribution in [2.75, 3.05) is 13.1 Å². The Morgan fingerprint density at radius 1 is 1.09 bits per heavy atom. The van der Waals surface area contributed by atoms with Gasteiger partial charge < -0.3 is 10.6 Å². The summed E-state index contributed by atoms with van der Waals surface area (Å²) in [7, 11) is 0. The standard InChI is InChI=1S/C17H27N5O/c18-16-12-2-1-3-13(16)9-14(8-12)17(23)21-6-4-15(5-7-21)22-11-19-10-20-22/h10-16H,1-9,18H2. The Labute approximate surface area is 137 Å². The zero-order chi connectivity index (χ0) is 15.8. The van der Waals surface area contributed by atoms with Crippen molar-refractivity contribution in [3.8, 4) is 0 Å². The Balaban J connectivity index is 1.35. The molecule has 0 radical (unpaired) electrons. The summed E-state index contributed by atoms with van der Waals surface area (Å²) < 4.78 is 1.94. The third kappa shape index (κ3) is 2.89. The minimum Gasteiger partial charge on any atom is -0.342 e. The molecule has 2 bridgehead atoms. The molecule has 2 unspecified atom stereocenters. The third-order valence-electron chi connectivity index (χ3n) is 6.35. The molecule has 2 aliphatic carbocycles. The van der Waals surface area contributed by atoms with Gasteiger partial charge >= 0.3 is 0 Å². The molecule has 2 heterocycles. The van der Waals surface area contributed by atoms with Crippen LogP contribution >= 0.6 is 0 Å². The molecule has 6 heteroatoms. The fourth-order valence-corrected chi connectivity index (χ4v) is 5.01. The molecule has 2 N–H and O–H groups in total. The first-order valence-corrected chi connectivity index (χ1v) is 9.11. The average Bonchev–Trinajstić information content (AvgIpc) is 3.08. The summed E-state index contributed by atoms with van der Waals surface area (Å²) in [6.45, 7) is 1.70. The number of amides is 1. The maximum absolute atomic E-state index is 12.9. The maximum Gasteiger partial charge on any atom is 0.225 e. The van der Waals surface area contributed by atoms with E-state index in [1.54, 1.807) is 12.7 Å². The Morgan fingerprint density at radius 2 is 1.78 bits per heavy atom. The highest BCUT2D eigenvalue weighted by Gasteiger charge is 2.42. The van der Waals surface area contributed by atoms with Crippen molar-refractivity contribution >= 4 is 5.91 Å². The molecule has 2 atom stereocenters. The number of piperidine rings is 1. The normalized spacial score (nSPS) is 35.3. The molecule has 0 aromatic carbocycles. The van der Waals surface area contributed by atoms with Gasteiger partial charge in [-0.25, -0.2) is 9.67 Å². The first-order valence-electron chi connectivity index (χ1n) is 9.11. The van der Waals surface area contributed by atoms with Crippen molar-refractivity contribution in [1.82, 2.24) is 19.7 Å². The van der Waals surface area contributed by atoms with E-state index in [1.807, 2.05) is 4.68 Å². The van der Waals surface area contributed by atoms with Crippen molar-refractivity contribution in [3.63, 3.8) is 0 Å². The van der Waals surface area contributed by atoms with E-state index in [0.717, 1.165) is 38.8 Å². The zero-order valence-electron chi connectivity index (χ0n) is 13.7. The van der Waals surface area contributed by atoms with Gasteiger partial charge in [0.1, 0.15) is 12.7 Å². The predicted octanol–water partition coefficient (Wildman–Crippen LogP) is 1.60. The topological polar surface area (TPSA) is 77.0 Å². The second-order valence-corrected chi connectivity index (χ2v) is 7.63. The highest BCUT2D eigenvalue weighted by molar-refractivity contribution is 5.79. The van der Waals surface area contributed by atoms with Crippen LogP contribution in [0, 0.1) is 17.8 Å². The molecule has 1 aromatic rings. The summed E-state index contributed by atoms with van der Waals surface area (Å²) in [5.41, 5.74) is 6.36. The van der Waals surface area contributed by atoms with Crippen LogP contribution in [0.1, 0.15) is 51.0 Å². The molecule has 23 heavy (non-hydrogen) atoms. The Hall–Kier alpha value is -1.43. The van der Waals surface area contributed by atoms with Gasteiger partial charge in [-0.05, 0) is 50.4 Å². The predicted molar refractivity (Wildman–Crippen MR) is 86.4 cm³/mol. The number of hydrogen-bond donors (Lipinski definition) is 1. The van der Waals surface area contributed by atoms with Crippen LogP contribution in [0.25, 0.3) is 0 Å². The number of hydrogen-bond acceptors (Lipinski definition) is 4. The van der Waals surface area contributed by atoms with Crippen molar-refractivity contribution in [1.29, 1.82) is 0 Å². The van der Waals surface area contributed by atoms with Crippen LogP contribution in [0.5, 0.6) is 0 Å². The van der Waals surface area contributed by atoms with Crippen molar-refractivity contribution in [2.24, 2.45) is 23.5 Å². The number of rotatable bonds is 2. The van der Waals surface area contributed by atoms with E-state index in [2.05, 4.69) is 15.0 Å². The van der Waals surface area contributed by atoms with E-state index in [4.69, 9.17) is 5.73 Å². The van der Waals surface area contributed by atoms with Crippen LogP contribution in [0.4, 0.5) is 0 Å². The molecule has 2 saturated carbocycles. The van der Waals surface area contributed by atoms with Gasteiger partial charge in [-0.3, -0.25) is 4.79 Å². The third-order valence-corrected chi connectivity index (χ3v) is 6.35. The summed E-state index contributed by atoms with van der Waals surface area (Å²) in [6.07, 6.45) is 11.1. The zero-order valence-corrected chi connectivity index (χ0v) is 13.7. The van der Waals surface area contributed by atoms with E-state index >= 15 is 0 Å². The highest BCUT2D eigenvalue weighted by atomic mass is 16.2. The number of aromatic nitrogens is 3. The lowest BCUT2D eigenvalue weighted by atomic mass is 9.65. The highest BCUT2D eigenvalue weighted by Crippen LogP contribution is 2.42. The van der Waals surface area contributed by atoms with Crippen LogP contribution in [-0.2, 0) is 4.79 Å². The summed E-state index contributed by atoms with van der Waals surface area (Å²) >= 11 is 0. The quantitative estimate of drug-likeness (QED) is 0.898. The molecule has 1 amide bonds. The summed E-state index contributed by atoms with van der Waals surface area (Å²) in [4.78, 5) is 19.0. The van der Waals surface area contributed by atoms with Crippen LogP contribution < -0.4 is 5.73 Å². The minimum atomic E-state index is 0.216. The van der Waals surface area contributed by atoms with E-state index in [1.165, 1.54) is 19.3 Å². The Morgan fingerprint density at radius 3 is 2.39 bits per heavy atom. The van der Waals surface area contributed by atoms with Crippen LogP contribution in [0.3, 0.4) is 0 Å². The fourth-order valence-electron chi connectivity index (χ4n) is 5.01. The van der Waals surface area contributed by atoms with Gasteiger partial charge in [0, 0.05) is 25.0 Å². The van der Waals surface area contributed by atoms with E-state index in [9.17, 15) is 4.79 Å². The molecular formula is C17H27N5O. The van der Waals surface area contributed by atoms with Crippen molar-refractivity contribution in [2.45, 2.75) is 57.0 Å². The molecule has 3 fully saturated rings. The van der Waals surface area contributed by atoms with Gasteiger partial charge in [-0.2, -0.15) is 5.10 Å². The number of carbonyl (C=O) groups excluding carboxylic acids is 1. The van der Waals surface area contributed by atoms with E-state index in [-0.39, 0.29) is 5.92 Å². The number of fused-ring (bicyclic) bond motifs is 2. The number of likely N-dealkylation sites (tertiary alicyclic amines) is 1. The summed E-state index contributed by atoms with van der Waals surface area (Å²) in [6, 6.07) is 0.728. The molecule has 0 spiro atoms. The van der Waals surface area contributed by atoms with Gasteiger partial charge in [0.15, 0.2) is 0 Å². The second-order valence-electron chi connectivity index (χ2n) is 7.63. The number of nitrogens with zero attached hydrogens (tertiary/aromatic N) is 4. The van der Waals surface area contributed by atoms with Gasteiger partial charge in [0.2, 0.25) is 5.91 Å². The van der Waals surface area contributed by atoms with E-state index < -0.39 is 0 Å². The van der Waals surface area contributed by atoms with Gasteiger partial charge in [0.25, 0.3) is 0 Å². The molecular weight excluding hydrogens is 290 g/mol. The van der Waals surface area contributed by atoms with Crippen molar-refractivity contribution in [3.05, 3.63) is 12.7 Å². The molecule has 4 rings (SSSR count). The van der Waals surface area contributed by atoms with Gasteiger partial charge in [-0.1, -0.05) is 6.42 Å². The van der Waals surface area contributed by atoms with Crippen LogP contribution in [0.2, 0.25) is 0 Å². The van der Waals surface area contributed by atoms with Crippen LogP contribution in [0.15, 0.2) is 12.7 Å². The monoisotopic (exact) mass is 317 g/mol. The SMILES string of the molecule is NC1C2CCCC1CC(C(=O)N1CCC(n3cncn3)CC1)C2. The molecule has 3 aliphatic rings. The number of carbonyl (C=O) groups is 1. The molecule has 1 saturated heterocycles. The van der Waals surface area contributed by atoms with Gasteiger partial charge in [-0.15, -0.1) is 0 Å². The lowest BCUT2D eigenvalue weighted by molar-refractivity contribution is -0.140. The number of nitrogens with two attached hydrogens (primary N) is 1.